The van der Waals surface area contributed by atoms with Gasteiger partial charge in [0.1, 0.15) is 10.6 Å². The van der Waals surface area contributed by atoms with E-state index in [-0.39, 0.29) is 5.91 Å². The summed E-state index contributed by atoms with van der Waals surface area (Å²) >= 11 is 3.17. The number of nitrogens with one attached hydrogen (secondary N) is 1. The van der Waals surface area contributed by atoms with Crippen LogP contribution in [0.5, 0.6) is 5.75 Å². The van der Waals surface area contributed by atoms with E-state index in [0.29, 0.717) is 23.8 Å². The maximum Gasteiger partial charge on any atom is 0.268 e. The molecule has 1 aliphatic carbocycles. The molecule has 0 aromatic carbocycles. The minimum Gasteiger partial charge on any atom is -0.495 e. The molecule has 2 fully saturated rings. The summed E-state index contributed by atoms with van der Waals surface area (Å²) in [7, 11) is 1.63. The van der Waals surface area contributed by atoms with E-state index in [0.717, 1.165) is 24.4 Å². The summed E-state index contributed by atoms with van der Waals surface area (Å²) in [5.74, 6) is 0.814. The van der Waals surface area contributed by atoms with Crippen LogP contribution < -0.4 is 10.1 Å². The van der Waals surface area contributed by atoms with Crippen LogP contribution in [0.3, 0.4) is 0 Å². The van der Waals surface area contributed by atoms with E-state index in [9.17, 15) is 4.79 Å². The molecule has 128 valence electrons. The van der Waals surface area contributed by atoms with Crippen LogP contribution in [0.25, 0.3) is 0 Å². The third-order valence-electron chi connectivity index (χ3n) is 5.36. The highest BCUT2D eigenvalue weighted by molar-refractivity contribution is 7.12. The molecule has 0 radical (unpaired) electrons. The molecule has 4 nitrogen and oxygen atoms in total. The number of piperidine rings is 1. The number of amides is 1. The second kappa shape index (κ2) is 6.50. The van der Waals surface area contributed by atoms with Gasteiger partial charge in [0.15, 0.2) is 0 Å². The van der Waals surface area contributed by atoms with Gasteiger partial charge in [0.05, 0.1) is 7.11 Å². The molecule has 2 aromatic rings. The van der Waals surface area contributed by atoms with Crippen molar-refractivity contribution < 1.29 is 9.53 Å². The van der Waals surface area contributed by atoms with Gasteiger partial charge in [-0.1, -0.05) is 0 Å². The zero-order chi connectivity index (χ0) is 16.6. The first-order valence-corrected chi connectivity index (χ1v) is 10.2. The van der Waals surface area contributed by atoms with Gasteiger partial charge in [-0.05, 0) is 71.6 Å². The van der Waals surface area contributed by atoms with Gasteiger partial charge >= 0.3 is 0 Å². The van der Waals surface area contributed by atoms with Crippen molar-refractivity contribution in [2.24, 2.45) is 5.41 Å². The van der Waals surface area contributed by atoms with Gasteiger partial charge in [-0.25, -0.2) is 0 Å². The first-order chi connectivity index (χ1) is 11.7. The van der Waals surface area contributed by atoms with Crippen LogP contribution in [-0.4, -0.2) is 37.0 Å². The molecular formula is C18H22N2O2S2. The van der Waals surface area contributed by atoms with Crippen molar-refractivity contribution in [2.45, 2.75) is 31.8 Å². The largest absolute Gasteiger partial charge is 0.495 e. The molecule has 1 spiro atoms. The smallest absolute Gasteiger partial charge is 0.268 e. The van der Waals surface area contributed by atoms with Crippen LogP contribution in [-0.2, 0) is 6.54 Å². The third kappa shape index (κ3) is 2.87. The number of carbonyl (C=O) groups excluding carboxylic acids is 1. The van der Waals surface area contributed by atoms with Crippen LogP contribution in [0.2, 0.25) is 0 Å². The molecule has 24 heavy (non-hydrogen) atoms. The van der Waals surface area contributed by atoms with Gasteiger partial charge in [0, 0.05) is 12.6 Å². The quantitative estimate of drug-likeness (QED) is 0.884. The second-order valence-corrected chi connectivity index (χ2v) is 8.41. The molecule has 2 aliphatic rings. The van der Waals surface area contributed by atoms with E-state index in [1.807, 2.05) is 11.4 Å². The summed E-state index contributed by atoms with van der Waals surface area (Å²) in [6.07, 6.45) is 3.48. The monoisotopic (exact) mass is 362 g/mol. The number of methoxy groups -OCH3 is 1. The average molecular weight is 363 g/mol. The number of hydrogen-bond donors (Lipinski definition) is 1. The lowest BCUT2D eigenvalue weighted by Gasteiger charge is -2.29. The molecule has 2 aromatic heterocycles. The SMILES string of the molecule is COc1ccsc1C(=O)N(Cc1ccsc1)[C@H]1CC12CCNCC2. The van der Waals surface area contributed by atoms with Crippen LogP contribution in [0.15, 0.2) is 28.3 Å². The fourth-order valence-electron chi connectivity index (χ4n) is 3.88. The van der Waals surface area contributed by atoms with Gasteiger partial charge in [-0.15, -0.1) is 11.3 Å². The Bertz CT molecular complexity index is 704. The molecule has 0 unspecified atom stereocenters. The molecule has 1 atom stereocenters. The van der Waals surface area contributed by atoms with E-state index in [1.165, 1.54) is 29.7 Å². The molecule has 1 amide bonds. The predicted octanol–water partition coefficient (Wildman–Crippen LogP) is 3.60. The zero-order valence-electron chi connectivity index (χ0n) is 13.8. The number of carbonyl (C=O) groups is 1. The Labute approximate surface area is 150 Å². The summed E-state index contributed by atoms with van der Waals surface area (Å²) in [6.45, 7) is 2.84. The molecule has 3 heterocycles. The van der Waals surface area contributed by atoms with Crippen molar-refractivity contribution in [1.29, 1.82) is 0 Å². The van der Waals surface area contributed by atoms with Gasteiger partial charge in [0.25, 0.3) is 5.91 Å². The first kappa shape index (κ1) is 16.1. The Kier molecular flexibility index (Phi) is 4.37. The molecule has 0 bridgehead atoms. The van der Waals surface area contributed by atoms with E-state index in [4.69, 9.17) is 4.74 Å². The van der Waals surface area contributed by atoms with Crippen LogP contribution in [0, 0.1) is 5.41 Å². The van der Waals surface area contributed by atoms with E-state index in [1.54, 1.807) is 18.4 Å². The normalized spacial score (nSPS) is 21.6. The van der Waals surface area contributed by atoms with Crippen LogP contribution in [0.4, 0.5) is 0 Å². The topological polar surface area (TPSA) is 41.6 Å². The highest BCUT2D eigenvalue weighted by Crippen LogP contribution is 2.56. The van der Waals surface area contributed by atoms with Gasteiger partial charge in [-0.2, -0.15) is 11.3 Å². The number of rotatable bonds is 5. The molecule has 6 heteroatoms. The van der Waals surface area contributed by atoms with Gasteiger partial charge < -0.3 is 15.0 Å². The summed E-state index contributed by atoms with van der Waals surface area (Å²) in [5.41, 5.74) is 1.56. The fraction of sp³-hybridized carbons (Fsp3) is 0.500. The lowest BCUT2D eigenvalue weighted by Crippen LogP contribution is -2.38. The Hall–Kier alpha value is -1.37. The van der Waals surface area contributed by atoms with Gasteiger partial charge in [-0.3, -0.25) is 4.79 Å². The number of hydrogen-bond acceptors (Lipinski definition) is 5. The summed E-state index contributed by atoms with van der Waals surface area (Å²) in [6, 6.07) is 4.36. The highest BCUT2D eigenvalue weighted by Gasteiger charge is 2.58. The van der Waals surface area contributed by atoms with Crippen LogP contribution in [0.1, 0.15) is 34.5 Å². The Morgan fingerprint density at radius 1 is 1.38 bits per heavy atom. The van der Waals surface area contributed by atoms with Crippen molar-refractivity contribution in [3.8, 4) is 5.75 Å². The first-order valence-electron chi connectivity index (χ1n) is 8.38. The molecule has 1 saturated heterocycles. The fourth-order valence-corrected chi connectivity index (χ4v) is 5.35. The van der Waals surface area contributed by atoms with E-state index in [2.05, 4.69) is 27.0 Å². The molecular weight excluding hydrogens is 340 g/mol. The molecule has 1 aliphatic heterocycles. The number of ether oxygens (including phenoxy) is 1. The lowest BCUT2D eigenvalue weighted by atomic mass is 9.93. The highest BCUT2D eigenvalue weighted by atomic mass is 32.1. The molecule has 1 N–H and O–H groups in total. The number of thiophene rings is 2. The Balaban J connectivity index is 1.60. The van der Waals surface area contributed by atoms with Crippen molar-refractivity contribution >= 4 is 28.6 Å². The maximum atomic E-state index is 13.3. The number of nitrogens with zero attached hydrogens (tertiary/aromatic N) is 1. The maximum absolute atomic E-state index is 13.3. The van der Waals surface area contributed by atoms with Crippen LogP contribution >= 0.6 is 22.7 Å². The lowest BCUT2D eigenvalue weighted by molar-refractivity contribution is 0.0694. The van der Waals surface area contributed by atoms with E-state index >= 15 is 0 Å². The van der Waals surface area contributed by atoms with Crippen molar-refractivity contribution in [3.63, 3.8) is 0 Å². The average Bonchev–Trinajstić information content (AvgIpc) is 3.05. The van der Waals surface area contributed by atoms with Crippen molar-refractivity contribution in [2.75, 3.05) is 20.2 Å². The summed E-state index contributed by atoms with van der Waals surface area (Å²) in [5, 5.41) is 9.60. The molecule has 1 saturated carbocycles. The third-order valence-corrected chi connectivity index (χ3v) is 6.98. The second-order valence-electron chi connectivity index (χ2n) is 6.72. The Morgan fingerprint density at radius 2 is 2.21 bits per heavy atom. The van der Waals surface area contributed by atoms with Crippen molar-refractivity contribution in [3.05, 3.63) is 38.7 Å². The minimum absolute atomic E-state index is 0.119. The standard InChI is InChI=1S/C18H22N2O2S2/c1-22-14-3-9-24-16(14)17(21)20(11-13-2-8-23-12-13)15-10-18(15)4-6-19-7-5-18/h2-3,8-9,12,15,19H,4-7,10-11H2,1H3/t15-/m0/s1. The molecule has 4 rings (SSSR count). The van der Waals surface area contributed by atoms with E-state index < -0.39 is 0 Å². The minimum atomic E-state index is 0.119. The summed E-state index contributed by atoms with van der Waals surface area (Å²) in [4.78, 5) is 16.1. The Morgan fingerprint density at radius 3 is 2.92 bits per heavy atom. The zero-order valence-corrected chi connectivity index (χ0v) is 15.4. The van der Waals surface area contributed by atoms with Gasteiger partial charge in [0.2, 0.25) is 0 Å². The predicted molar refractivity (Wildman–Crippen MR) is 98.0 cm³/mol. The van der Waals surface area contributed by atoms with Crippen molar-refractivity contribution in [1.82, 2.24) is 10.2 Å². The summed E-state index contributed by atoms with van der Waals surface area (Å²) < 4.78 is 5.38.